The molecule has 1 saturated heterocycles. The molecule has 2 atom stereocenters. The van der Waals surface area contributed by atoms with E-state index in [2.05, 4.69) is 5.32 Å². The van der Waals surface area contributed by atoms with Gasteiger partial charge in [-0.25, -0.2) is 9.59 Å². The van der Waals surface area contributed by atoms with E-state index < -0.39 is 12.2 Å². The molecule has 0 aliphatic carbocycles. The van der Waals surface area contributed by atoms with Crippen LogP contribution in [0.25, 0.3) is 0 Å². The number of alkyl carbamates (subject to hydrolysis) is 1. The number of carbonyl (C=O) groups is 2. The van der Waals surface area contributed by atoms with Gasteiger partial charge in [0.25, 0.3) is 0 Å². The quantitative estimate of drug-likeness (QED) is 0.887. The number of likely N-dealkylation sites (tertiary alicyclic amines) is 1. The molecule has 108 valence electrons. The van der Waals surface area contributed by atoms with Crippen LogP contribution in [0.4, 0.5) is 9.59 Å². The summed E-state index contributed by atoms with van der Waals surface area (Å²) < 4.78 is 5.10. The first-order valence-electron chi connectivity index (χ1n) is 6.53. The summed E-state index contributed by atoms with van der Waals surface area (Å²) >= 11 is 0. The molecular formula is C14H18N2O4. The zero-order chi connectivity index (χ0) is 14.5. The summed E-state index contributed by atoms with van der Waals surface area (Å²) in [6.45, 7) is 2.33. The van der Waals surface area contributed by atoms with Gasteiger partial charge in [0.05, 0.1) is 6.04 Å². The van der Waals surface area contributed by atoms with Gasteiger partial charge in [-0.05, 0) is 18.9 Å². The van der Waals surface area contributed by atoms with Crippen molar-refractivity contribution in [3.05, 3.63) is 35.9 Å². The van der Waals surface area contributed by atoms with Crippen molar-refractivity contribution in [1.29, 1.82) is 0 Å². The standard InChI is InChI=1S/C14H18N2O4/c1-10-7-12(8-16(10)14(18)19)15-13(17)20-9-11-5-3-2-4-6-11/h2-6,10,12H,7-9H2,1H3,(H,15,17)(H,18,19)/t10-,12-/m1/s1. The van der Waals surface area contributed by atoms with Gasteiger partial charge in [0.1, 0.15) is 6.61 Å². The first kappa shape index (κ1) is 14.2. The summed E-state index contributed by atoms with van der Waals surface area (Å²) in [7, 11) is 0. The molecule has 0 bridgehead atoms. The van der Waals surface area contributed by atoms with Gasteiger partial charge in [-0.3, -0.25) is 0 Å². The predicted octanol–water partition coefficient (Wildman–Crippen LogP) is 2.05. The maximum absolute atomic E-state index is 11.7. The maximum atomic E-state index is 11.7. The van der Waals surface area contributed by atoms with Gasteiger partial charge >= 0.3 is 12.2 Å². The van der Waals surface area contributed by atoms with Crippen LogP contribution in [0.1, 0.15) is 18.9 Å². The Bertz CT molecular complexity index is 477. The third kappa shape index (κ3) is 3.63. The number of hydrogen-bond acceptors (Lipinski definition) is 3. The summed E-state index contributed by atoms with van der Waals surface area (Å²) in [5.41, 5.74) is 0.912. The zero-order valence-corrected chi connectivity index (χ0v) is 11.3. The van der Waals surface area contributed by atoms with E-state index in [1.54, 1.807) is 0 Å². The van der Waals surface area contributed by atoms with Crippen LogP contribution in [-0.4, -0.2) is 40.8 Å². The van der Waals surface area contributed by atoms with Crippen molar-refractivity contribution in [3.63, 3.8) is 0 Å². The van der Waals surface area contributed by atoms with E-state index in [1.807, 2.05) is 37.3 Å². The molecule has 2 rings (SSSR count). The van der Waals surface area contributed by atoms with Crippen LogP contribution in [0.15, 0.2) is 30.3 Å². The number of hydrogen-bond donors (Lipinski definition) is 2. The highest BCUT2D eigenvalue weighted by molar-refractivity contribution is 5.69. The average Bonchev–Trinajstić information content (AvgIpc) is 2.78. The molecule has 1 aromatic carbocycles. The lowest BCUT2D eigenvalue weighted by molar-refractivity contribution is 0.132. The van der Waals surface area contributed by atoms with Crippen LogP contribution in [0, 0.1) is 0 Å². The Hall–Kier alpha value is -2.24. The number of nitrogens with zero attached hydrogens (tertiary/aromatic N) is 1. The van der Waals surface area contributed by atoms with Crippen LogP contribution < -0.4 is 5.32 Å². The van der Waals surface area contributed by atoms with Crippen LogP contribution in [0.5, 0.6) is 0 Å². The molecule has 20 heavy (non-hydrogen) atoms. The van der Waals surface area contributed by atoms with E-state index >= 15 is 0 Å². The van der Waals surface area contributed by atoms with Crippen molar-refractivity contribution in [2.45, 2.75) is 32.0 Å². The van der Waals surface area contributed by atoms with Crippen LogP contribution in [-0.2, 0) is 11.3 Å². The summed E-state index contributed by atoms with van der Waals surface area (Å²) in [4.78, 5) is 23.9. The number of ether oxygens (including phenoxy) is 1. The molecule has 1 heterocycles. The molecule has 6 nitrogen and oxygen atoms in total. The Kier molecular flexibility index (Phi) is 4.45. The van der Waals surface area contributed by atoms with Gasteiger partial charge < -0.3 is 20.1 Å². The fourth-order valence-electron chi connectivity index (χ4n) is 2.33. The van der Waals surface area contributed by atoms with Crippen molar-refractivity contribution in [2.75, 3.05) is 6.54 Å². The lowest BCUT2D eigenvalue weighted by Gasteiger charge is -2.16. The molecule has 1 aromatic rings. The van der Waals surface area contributed by atoms with Crippen molar-refractivity contribution in [2.24, 2.45) is 0 Å². The molecular weight excluding hydrogens is 260 g/mol. The summed E-state index contributed by atoms with van der Waals surface area (Å²) in [6.07, 6.45) is -0.870. The van der Waals surface area contributed by atoms with Crippen molar-refractivity contribution in [3.8, 4) is 0 Å². The van der Waals surface area contributed by atoms with Crippen molar-refractivity contribution in [1.82, 2.24) is 10.2 Å². The number of carbonyl (C=O) groups excluding carboxylic acids is 1. The topological polar surface area (TPSA) is 78.9 Å². The number of benzene rings is 1. The number of nitrogens with one attached hydrogen (secondary N) is 1. The van der Waals surface area contributed by atoms with Gasteiger partial charge in [0.2, 0.25) is 0 Å². The van der Waals surface area contributed by atoms with Gasteiger partial charge in [0, 0.05) is 12.6 Å². The number of rotatable bonds is 3. The SMILES string of the molecule is C[C@@H]1C[C@@H](NC(=O)OCc2ccccc2)CN1C(=O)O. The second-order valence-electron chi connectivity index (χ2n) is 4.92. The third-order valence-electron chi connectivity index (χ3n) is 3.36. The molecule has 1 aliphatic heterocycles. The molecule has 2 N–H and O–H groups in total. The first-order valence-corrected chi connectivity index (χ1v) is 6.53. The second kappa shape index (κ2) is 6.27. The molecule has 0 unspecified atom stereocenters. The Morgan fingerprint density at radius 2 is 2.10 bits per heavy atom. The Morgan fingerprint density at radius 3 is 2.70 bits per heavy atom. The van der Waals surface area contributed by atoms with Gasteiger partial charge in [-0.15, -0.1) is 0 Å². The smallest absolute Gasteiger partial charge is 0.407 e. The zero-order valence-electron chi connectivity index (χ0n) is 11.3. The van der Waals surface area contributed by atoms with Gasteiger partial charge in [-0.1, -0.05) is 30.3 Å². The molecule has 0 spiro atoms. The van der Waals surface area contributed by atoms with Crippen LogP contribution >= 0.6 is 0 Å². The lowest BCUT2D eigenvalue weighted by Crippen LogP contribution is -2.38. The molecule has 1 fully saturated rings. The number of carboxylic acid groups (broad SMARTS) is 1. The lowest BCUT2D eigenvalue weighted by atomic mass is 10.2. The second-order valence-corrected chi connectivity index (χ2v) is 4.92. The highest BCUT2D eigenvalue weighted by atomic mass is 16.5. The Morgan fingerprint density at radius 1 is 1.40 bits per heavy atom. The predicted molar refractivity (Wildman–Crippen MR) is 72.4 cm³/mol. The highest BCUT2D eigenvalue weighted by Crippen LogP contribution is 2.17. The minimum atomic E-state index is -0.959. The summed E-state index contributed by atoms with van der Waals surface area (Å²) in [5.74, 6) is 0. The normalized spacial score (nSPS) is 21.6. The largest absolute Gasteiger partial charge is 0.465 e. The van der Waals surface area contributed by atoms with Gasteiger partial charge in [0.15, 0.2) is 0 Å². The fourth-order valence-corrected chi connectivity index (χ4v) is 2.33. The highest BCUT2D eigenvalue weighted by Gasteiger charge is 2.33. The average molecular weight is 278 g/mol. The fraction of sp³-hybridized carbons (Fsp3) is 0.429. The van der Waals surface area contributed by atoms with E-state index in [9.17, 15) is 9.59 Å². The third-order valence-corrected chi connectivity index (χ3v) is 3.36. The Balaban J connectivity index is 1.77. The monoisotopic (exact) mass is 278 g/mol. The van der Waals surface area contributed by atoms with E-state index in [4.69, 9.17) is 9.84 Å². The Labute approximate surface area is 117 Å². The minimum absolute atomic E-state index is 0.0908. The van der Waals surface area contributed by atoms with Crippen molar-refractivity contribution < 1.29 is 19.4 Å². The van der Waals surface area contributed by atoms with Crippen molar-refractivity contribution >= 4 is 12.2 Å². The minimum Gasteiger partial charge on any atom is -0.465 e. The van der Waals surface area contributed by atoms with E-state index in [0.717, 1.165) is 5.56 Å². The van der Waals surface area contributed by atoms with Crippen LogP contribution in [0.2, 0.25) is 0 Å². The molecule has 0 saturated carbocycles. The van der Waals surface area contributed by atoms with E-state index in [0.29, 0.717) is 13.0 Å². The molecule has 0 aromatic heterocycles. The van der Waals surface area contributed by atoms with E-state index in [1.165, 1.54) is 4.90 Å². The summed E-state index contributed by atoms with van der Waals surface area (Å²) in [6, 6.07) is 9.11. The maximum Gasteiger partial charge on any atom is 0.407 e. The summed E-state index contributed by atoms with van der Waals surface area (Å²) in [5, 5.41) is 11.7. The first-order chi connectivity index (χ1) is 9.56. The molecule has 1 aliphatic rings. The molecule has 0 radical (unpaired) electrons. The molecule has 2 amide bonds. The van der Waals surface area contributed by atoms with Gasteiger partial charge in [-0.2, -0.15) is 0 Å². The van der Waals surface area contributed by atoms with E-state index in [-0.39, 0.29) is 18.7 Å². The van der Waals surface area contributed by atoms with Crippen LogP contribution in [0.3, 0.4) is 0 Å². The molecule has 6 heteroatoms. The number of amides is 2.